The number of thiophene rings is 1. The summed E-state index contributed by atoms with van der Waals surface area (Å²) >= 11 is 0.975. The number of hydrogen-bond donors (Lipinski definition) is 1. The maximum Gasteiger partial charge on any atom is 0.159 e. The number of amidine groups is 1. The van der Waals surface area contributed by atoms with Crippen LogP contribution in [-0.2, 0) is 18.0 Å². The Labute approximate surface area is 237 Å². The number of halogens is 2. The molecule has 6 nitrogen and oxygen atoms in total. The van der Waals surface area contributed by atoms with Crippen molar-refractivity contribution in [3.8, 4) is 17.3 Å². The number of anilines is 1. The van der Waals surface area contributed by atoms with Crippen molar-refractivity contribution in [2.24, 2.45) is 10.4 Å². The molecule has 2 N–H and O–H groups in total. The number of likely N-dealkylation sites (tertiary alicyclic amines) is 1. The number of aliphatic imine (C=N–C) groups is 1. The number of rotatable bonds is 5. The lowest BCUT2D eigenvalue weighted by molar-refractivity contribution is 0.134. The number of fused-ring (bicyclic) bond motifs is 2. The van der Waals surface area contributed by atoms with Gasteiger partial charge in [-0.1, -0.05) is 32.8 Å². The van der Waals surface area contributed by atoms with E-state index in [-0.39, 0.29) is 43.9 Å². The third-order valence-electron chi connectivity index (χ3n) is 8.44. The van der Waals surface area contributed by atoms with Crippen LogP contribution in [0.1, 0.15) is 77.0 Å². The average Bonchev–Trinajstić information content (AvgIpc) is 3.65. The minimum Gasteiger partial charge on any atom is -0.389 e. The first-order valence-corrected chi connectivity index (χ1v) is 14.6. The van der Waals surface area contributed by atoms with E-state index >= 15 is 4.39 Å². The summed E-state index contributed by atoms with van der Waals surface area (Å²) in [4.78, 5) is 11.5. The molecule has 1 aromatic carbocycles. The molecule has 2 aliphatic rings. The molecular formula is C31H35F2N5OS. The zero-order valence-corrected chi connectivity index (χ0v) is 24.6. The van der Waals surface area contributed by atoms with E-state index in [1.165, 1.54) is 6.42 Å². The van der Waals surface area contributed by atoms with Crippen molar-refractivity contribution in [1.29, 1.82) is 5.26 Å². The summed E-state index contributed by atoms with van der Waals surface area (Å²) in [6, 6.07) is 2.07. The van der Waals surface area contributed by atoms with E-state index in [0.29, 0.717) is 29.0 Å². The van der Waals surface area contributed by atoms with Crippen LogP contribution in [0.2, 0.25) is 0 Å². The molecule has 0 amide bonds. The van der Waals surface area contributed by atoms with Crippen LogP contribution in [0.5, 0.6) is 0 Å². The monoisotopic (exact) mass is 563 g/mol. The summed E-state index contributed by atoms with van der Waals surface area (Å²) in [6.45, 7) is 12.9. The maximum atomic E-state index is 16.8. The van der Waals surface area contributed by atoms with Crippen molar-refractivity contribution in [2.75, 3.05) is 18.8 Å². The smallest absolute Gasteiger partial charge is 0.159 e. The van der Waals surface area contributed by atoms with Gasteiger partial charge in [-0.25, -0.2) is 13.8 Å². The van der Waals surface area contributed by atoms with Gasteiger partial charge in [-0.15, -0.1) is 11.3 Å². The van der Waals surface area contributed by atoms with E-state index in [9.17, 15) is 9.65 Å². The Bertz CT molecular complexity index is 1700. The van der Waals surface area contributed by atoms with Gasteiger partial charge in [0.05, 0.1) is 35.4 Å². The minimum absolute atomic E-state index is 0.114. The fourth-order valence-electron chi connectivity index (χ4n) is 6.14. The third-order valence-corrected chi connectivity index (χ3v) is 9.47. The van der Waals surface area contributed by atoms with Crippen LogP contribution in [0.25, 0.3) is 33.1 Å². The number of nitrogens with zero attached hydrogens (tertiary/aromatic N) is 4. The second-order valence-electron chi connectivity index (χ2n) is 11.2. The van der Waals surface area contributed by atoms with E-state index in [0.717, 1.165) is 60.4 Å². The zero-order chi connectivity index (χ0) is 28.8. The number of benzene rings is 1. The molecule has 0 spiro atoms. The molecule has 0 bridgehead atoms. The molecular weight excluding hydrogens is 528 g/mol. The fourth-order valence-corrected chi connectivity index (χ4v) is 7.06. The Morgan fingerprint density at radius 2 is 2.05 bits per heavy atom. The standard InChI is InChI=1S/C31H35F2N5OS/c1-6-8-31(5)9-10-38(16-31)18(4)36-12-20-21-14-39-15-22(21)25(27(33)24(20)17(3)7-2)28-26-19(11-34)30(35)40-29(26)23(32)13-37-28/h12-13H,6-10,14-16,35H2,1-5H3/b20-12-,24-17?,36-18?/t31-/m1/s1. The lowest BCUT2D eigenvalue weighted by atomic mass is 9.85. The number of nitrogen functional groups attached to an aromatic ring is 1. The Kier molecular flexibility index (Phi) is 7.68. The molecule has 0 radical (unpaired) electrons. The Balaban J connectivity index is 1.76. The van der Waals surface area contributed by atoms with Crippen LogP contribution < -0.4 is 16.2 Å². The molecule has 0 unspecified atom stereocenters. The van der Waals surface area contributed by atoms with E-state index in [1.807, 2.05) is 20.8 Å². The van der Waals surface area contributed by atoms with Crippen molar-refractivity contribution in [1.82, 2.24) is 9.88 Å². The fraction of sp³-hybridized carbons (Fsp3) is 0.452. The number of nitrogens with two attached hydrogens (primary N) is 1. The first-order valence-electron chi connectivity index (χ1n) is 13.8. The van der Waals surface area contributed by atoms with Gasteiger partial charge in [-0.05, 0) is 49.7 Å². The normalized spacial score (nSPS) is 20.4. The van der Waals surface area contributed by atoms with Gasteiger partial charge in [0, 0.05) is 40.7 Å². The summed E-state index contributed by atoms with van der Waals surface area (Å²) in [5, 5.41) is 11.4. The summed E-state index contributed by atoms with van der Waals surface area (Å²) in [5.74, 6) is -0.145. The predicted octanol–water partition coefficient (Wildman–Crippen LogP) is 5.97. The van der Waals surface area contributed by atoms with Crippen LogP contribution in [-0.4, -0.2) is 28.8 Å². The second kappa shape index (κ2) is 10.9. The molecule has 1 saturated heterocycles. The SMILES string of the molecule is CCC[C@]1(C)CCN(C(C)=N/C=c2/c3c(c(-c4ncc(F)c5sc(N)c(C#N)c45)c(F)c2=C(C)CC)COC3)C1. The summed E-state index contributed by atoms with van der Waals surface area (Å²) < 4.78 is 37.6. The Morgan fingerprint density at radius 3 is 2.75 bits per heavy atom. The van der Waals surface area contributed by atoms with Gasteiger partial charge in [0.1, 0.15) is 22.7 Å². The molecule has 2 aliphatic heterocycles. The van der Waals surface area contributed by atoms with Crippen LogP contribution in [0, 0.1) is 28.4 Å². The minimum atomic E-state index is -0.589. The Hall–Kier alpha value is -3.35. The van der Waals surface area contributed by atoms with Crippen molar-refractivity contribution in [3.05, 3.63) is 45.0 Å². The van der Waals surface area contributed by atoms with Crippen molar-refractivity contribution < 1.29 is 13.5 Å². The van der Waals surface area contributed by atoms with Gasteiger partial charge < -0.3 is 15.4 Å². The number of pyridine rings is 1. The van der Waals surface area contributed by atoms with Crippen molar-refractivity contribution >= 4 is 44.0 Å². The first-order chi connectivity index (χ1) is 19.1. The van der Waals surface area contributed by atoms with Gasteiger partial charge in [-0.2, -0.15) is 5.26 Å². The number of ether oxygens (including phenoxy) is 1. The second-order valence-corrected chi connectivity index (χ2v) is 12.3. The molecule has 2 aromatic heterocycles. The maximum absolute atomic E-state index is 16.8. The first kappa shape index (κ1) is 28.2. The number of nitriles is 1. The molecule has 5 rings (SSSR count). The van der Waals surface area contributed by atoms with Crippen molar-refractivity contribution in [3.63, 3.8) is 0 Å². The largest absolute Gasteiger partial charge is 0.389 e. The summed E-state index contributed by atoms with van der Waals surface area (Å²) in [5.41, 5.74) is 9.26. The topological polar surface area (TPSA) is 87.5 Å². The molecule has 1 atom stereocenters. The highest BCUT2D eigenvalue weighted by molar-refractivity contribution is 7.23. The average molecular weight is 564 g/mol. The quantitative estimate of drug-likeness (QED) is 0.305. The van der Waals surface area contributed by atoms with E-state index in [2.05, 4.69) is 29.8 Å². The highest BCUT2D eigenvalue weighted by atomic mass is 32.1. The van der Waals surface area contributed by atoms with Gasteiger partial charge in [0.25, 0.3) is 0 Å². The zero-order valence-electron chi connectivity index (χ0n) is 23.8. The van der Waals surface area contributed by atoms with Gasteiger partial charge in [0.2, 0.25) is 0 Å². The molecule has 40 heavy (non-hydrogen) atoms. The van der Waals surface area contributed by atoms with Crippen LogP contribution in [0.15, 0.2) is 11.2 Å². The van der Waals surface area contributed by atoms with Crippen LogP contribution in [0.4, 0.5) is 13.8 Å². The van der Waals surface area contributed by atoms with Gasteiger partial charge >= 0.3 is 0 Å². The number of aromatic nitrogens is 1. The molecule has 3 aromatic rings. The lowest BCUT2D eigenvalue weighted by Gasteiger charge is -2.24. The van der Waals surface area contributed by atoms with E-state index < -0.39 is 11.6 Å². The van der Waals surface area contributed by atoms with Crippen LogP contribution in [0.3, 0.4) is 0 Å². The highest BCUT2D eigenvalue weighted by Crippen LogP contribution is 2.42. The molecule has 210 valence electrons. The van der Waals surface area contributed by atoms with Crippen LogP contribution >= 0.6 is 11.3 Å². The molecule has 9 heteroatoms. The molecule has 1 fully saturated rings. The number of hydrogen-bond acceptors (Lipinski definition) is 6. The highest BCUT2D eigenvalue weighted by Gasteiger charge is 2.33. The molecule has 0 aliphatic carbocycles. The van der Waals surface area contributed by atoms with Crippen molar-refractivity contribution in [2.45, 2.75) is 73.5 Å². The third kappa shape index (κ3) is 4.67. The van der Waals surface area contributed by atoms with Gasteiger partial charge in [0.15, 0.2) is 5.82 Å². The summed E-state index contributed by atoms with van der Waals surface area (Å²) in [6.07, 6.45) is 6.94. The predicted molar refractivity (Wildman–Crippen MR) is 158 cm³/mol. The molecule has 4 heterocycles. The lowest BCUT2D eigenvalue weighted by Crippen LogP contribution is -2.35. The van der Waals surface area contributed by atoms with Gasteiger partial charge in [-0.3, -0.25) is 4.98 Å². The molecule has 0 saturated carbocycles. The summed E-state index contributed by atoms with van der Waals surface area (Å²) in [7, 11) is 0. The Morgan fingerprint density at radius 1 is 1.30 bits per heavy atom. The van der Waals surface area contributed by atoms with E-state index in [1.54, 1.807) is 6.20 Å². The van der Waals surface area contributed by atoms with E-state index in [4.69, 9.17) is 15.5 Å².